The van der Waals surface area contributed by atoms with Gasteiger partial charge in [-0.05, 0) is 40.2 Å². The van der Waals surface area contributed by atoms with E-state index in [1.54, 1.807) is 18.2 Å². The zero-order valence-electron chi connectivity index (χ0n) is 8.98. The molecule has 0 saturated heterocycles. The second-order valence-electron chi connectivity index (χ2n) is 3.61. The van der Waals surface area contributed by atoms with E-state index in [0.717, 1.165) is 12.1 Å². The Morgan fingerprint density at radius 3 is 2.50 bits per heavy atom. The Balaban J connectivity index is 2.40. The van der Waals surface area contributed by atoms with Gasteiger partial charge in [0.15, 0.2) is 5.82 Å². The highest BCUT2D eigenvalue weighted by Crippen LogP contribution is 2.33. The molecule has 94 valence electrons. The Kier molecular flexibility index (Phi) is 3.73. The molecule has 0 heterocycles. The van der Waals surface area contributed by atoms with Crippen LogP contribution in [0.4, 0.5) is 25.8 Å². The minimum Gasteiger partial charge on any atom is -0.399 e. The Bertz CT molecular complexity index is 582. The molecule has 3 N–H and O–H groups in total. The molecule has 0 atom stereocenters. The van der Waals surface area contributed by atoms with Crippen LogP contribution in [0.2, 0.25) is 5.02 Å². The lowest BCUT2D eigenvalue weighted by atomic mass is 10.2. The van der Waals surface area contributed by atoms with Crippen molar-refractivity contribution in [3.63, 3.8) is 0 Å². The average molecular weight is 334 g/mol. The lowest BCUT2D eigenvalue weighted by Gasteiger charge is -2.11. The number of hydrogen-bond acceptors (Lipinski definition) is 2. The zero-order chi connectivity index (χ0) is 13.3. The fourth-order valence-electron chi connectivity index (χ4n) is 1.43. The summed E-state index contributed by atoms with van der Waals surface area (Å²) in [4.78, 5) is 0. The third-order valence-corrected chi connectivity index (χ3v) is 3.21. The average Bonchev–Trinajstić information content (AvgIpc) is 2.25. The van der Waals surface area contributed by atoms with E-state index in [1.165, 1.54) is 0 Å². The minimum absolute atomic E-state index is 0.0172. The van der Waals surface area contributed by atoms with Gasteiger partial charge in [0.25, 0.3) is 0 Å². The van der Waals surface area contributed by atoms with E-state index in [0.29, 0.717) is 15.8 Å². The van der Waals surface area contributed by atoms with Crippen molar-refractivity contribution in [2.45, 2.75) is 0 Å². The molecule has 0 aliphatic rings. The van der Waals surface area contributed by atoms with Crippen LogP contribution in [0, 0.1) is 11.6 Å². The van der Waals surface area contributed by atoms with Crippen LogP contribution in [0.3, 0.4) is 0 Å². The fraction of sp³-hybridized carbons (Fsp3) is 0. The van der Waals surface area contributed by atoms with Gasteiger partial charge in [-0.15, -0.1) is 0 Å². The first-order valence-corrected chi connectivity index (χ1v) is 6.11. The monoisotopic (exact) mass is 332 g/mol. The first-order valence-electron chi connectivity index (χ1n) is 4.94. The summed E-state index contributed by atoms with van der Waals surface area (Å²) in [5, 5.41) is 2.76. The van der Waals surface area contributed by atoms with Gasteiger partial charge in [0, 0.05) is 16.2 Å². The highest BCUT2D eigenvalue weighted by atomic mass is 79.9. The SMILES string of the molecule is Nc1ccc(Nc2c(F)cc(F)cc2Cl)c(Br)c1. The number of nitrogens with one attached hydrogen (secondary N) is 1. The molecule has 2 aromatic rings. The molecule has 2 nitrogen and oxygen atoms in total. The number of anilines is 3. The van der Waals surface area contributed by atoms with E-state index < -0.39 is 11.6 Å². The number of halogens is 4. The lowest BCUT2D eigenvalue weighted by molar-refractivity contribution is 0.586. The Labute approximate surface area is 116 Å². The minimum atomic E-state index is -0.760. The second-order valence-corrected chi connectivity index (χ2v) is 4.87. The topological polar surface area (TPSA) is 38.0 Å². The smallest absolute Gasteiger partial charge is 0.151 e. The highest BCUT2D eigenvalue weighted by Gasteiger charge is 2.11. The molecule has 0 aromatic heterocycles. The molecule has 0 amide bonds. The molecule has 0 bridgehead atoms. The summed E-state index contributed by atoms with van der Waals surface area (Å²) in [5.74, 6) is -1.48. The summed E-state index contributed by atoms with van der Waals surface area (Å²) >= 11 is 9.07. The van der Waals surface area contributed by atoms with E-state index in [1.807, 2.05) is 0 Å². The molecule has 0 radical (unpaired) electrons. The van der Waals surface area contributed by atoms with Crippen LogP contribution in [-0.4, -0.2) is 0 Å². The number of nitrogen functional groups attached to an aromatic ring is 1. The summed E-state index contributed by atoms with van der Waals surface area (Å²) in [5.41, 5.74) is 6.76. The number of rotatable bonds is 2. The Morgan fingerprint density at radius 1 is 1.17 bits per heavy atom. The largest absolute Gasteiger partial charge is 0.399 e. The van der Waals surface area contributed by atoms with Crippen LogP contribution < -0.4 is 11.1 Å². The van der Waals surface area contributed by atoms with E-state index in [-0.39, 0.29) is 10.7 Å². The molecule has 2 aromatic carbocycles. The van der Waals surface area contributed by atoms with Crippen LogP contribution in [0.15, 0.2) is 34.8 Å². The summed E-state index contributed by atoms with van der Waals surface area (Å²) in [7, 11) is 0. The standard InChI is InChI=1S/C12H8BrClF2N2/c13-8-5-7(17)1-2-11(8)18-12-9(14)3-6(15)4-10(12)16/h1-5,18H,17H2. The quantitative estimate of drug-likeness (QED) is 0.781. The molecule has 18 heavy (non-hydrogen) atoms. The number of benzene rings is 2. The molecular weight excluding hydrogens is 325 g/mol. The van der Waals surface area contributed by atoms with E-state index >= 15 is 0 Å². The van der Waals surface area contributed by atoms with Crippen LogP contribution >= 0.6 is 27.5 Å². The number of nitrogens with two attached hydrogens (primary N) is 1. The van der Waals surface area contributed by atoms with E-state index in [4.69, 9.17) is 17.3 Å². The summed E-state index contributed by atoms with van der Waals surface area (Å²) in [6, 6.07) is 6.79. The maximum atomic E-state index is 13.6. The van der Waals surface area contributed by atoms with Crippen molar-refractivity contribution in [2.75, 3.05) is 11.1 Å². The maximum Gasteiger partial charge on any atom is 0.151 e. The van der Waals surface area contributed by atoms with Gasteiger partial charge in [-0.2, -0.15) is 0 Å². The summed E-state index contributed by atoms with van der Waals surface area (Å²) < 4.78 is 27.1. The van der Waals surface area contributed by atoms with Crippen molar-refractivity contribution >= 4 is 44.6 Å². The zero-order valence-corrected chi connectivity index (χ0v) is 11.3. The Hall–Kier alpha value is -1.33. The van der Waals surface area contributed by atoms with Crippen molar-refractivity contribution in [2.24, 2.45) is 0 Å². The van der Waals surface area contributed by atoms with Gasteiger partial charge in [0.1, 0.15) is 5.82 Å². The highest BCUT2D eigenvalue weighted by molar-refractivity contribution is 9.10. The maximum absolute atomic E-state index is 13.6. The van der Waals surface area contributed by atoms with Gasteiger partial charge in [0.05, 0.1) is 16.4 Å². The fourth-order valence-corrected chi connectivity index (χ4v) is 2.17. The van der Waals surface area contributed by atoms with Crippen molar-refractivity contribution in [1.82, 2.24) is 0 Å². The van der Waals surface area contributed by atoms with Gasteiger partial charge < -0.3 is 11.1 Å². The van der Waals surface area contributed by atoms with Gasteiger partial charge in [-0.1, -0.05) is 11.6 Å². The molecule has 0 aliphatic carbocycles. The predicted octanol–water partition coefficient (Wildman–Crippen LogP) is 4.71. The first kappa shape index (κ1) is 13.1. The molecule has 0 aliphatic heterocycles. The van der Waals surface area contributed by atoms with Crippen molar-refractivity contribution in [1.29, 1.82) is 0 Å². The van der Waals surface area contributed by atoms with Crippen LogP contribution in [-0.2, 0) is 0 Å². The molecule has 2 rings (SSSR count). The van der Waals surface area contributed by atoms with Crippen LogP contribution in [0.1, 0.15) is 0 Å². The number of hydrogen-bond donors (Lipinski definition) is 2. The van der Waals surface area contributed by atoms with Gasteiger partial charge in [0.2, 0.25) is 0 Å². The molecule has 0 saturated carbocycles. The molecule has 0 spiro atoms. The second kappa shape index (κ2) is 5.12. The van der Waals surface area contributed by atoms with Crippen LogP contribution in [0.5, 0.6) is 0 Å². The summed E-state index contributed by atoms with van der Waals surface area (Å²) in [6.07, 6.45) is 0. The lowest BCUT2D eigenvalue weighted by Crippen LogP contribution is -1.97. The first-order chi connectivity index (χ1) is 8.47. The van der Waals surface area contributed by atoms with Crippen molar-refractivity contribution < 1.29 is 8.78 Å². The van der Waals surface area contributed by atoms with Crippen molar-refractivity contribution in [3.05, 3.63) is 51.5 Å². The third-order valence-electron chi connectivity index (χ3n) is 2.26. The Morgan fingerprint density at radius 2 is 1.89 bits per heavy atom. The van der Waals surface area contributed by atoms with Crippen molar-refractivity contribution in [3.8, 4) is 0 Å². The van der Waals surface area contributed by atoms with E-state index in [9.17, 15) is 8.78 Å². The van der Waals surface area contributed by atoms with Gasteiger partial charge in [-0.3, -0.25) is 0 Å². The molecular formula is C12H8BrClF2N2. The molecule has 0 fully saturated rings. The molecule has 6 heteroatoms. The third kappa shape index (κ3) is 2.73. The molecule has 0 unspecified atom stereocenters. The normalized spacial score (nSPS) is 10.4. The van der Waals surface area contributed by atoms with E-state index in [2.05, 4.69) is 21.2 Å². The predicted molar refractivity (Wildman–Crippen MR) is 73.2 cm³/mol. The van der Waals surface area contributed by atoms with Gasteiger partial charge in [-0.25, -0.2) is 8.78 Å². The van der Waals surface area contributed by atoms with Gasteiger partial charge >= 0.3 is 0 Å². The summed E-state index contributed by atoms with van der Waals surface area (Å²) in [6.45, 7) is 0. The van der Waals surface area contributed by atoms with Crippen LogP contribution in [0.25, 0.3) is 0 Å².